The smallest absolute Gasteiger partial charge is 0.293 e. The van der Waals surface area contributed by atoms with E-state index in [1.807, 2.05) is 24.3 Å². The van der Waals surface area contributed by atoms with Gasteiger partial charge in [0, 0.05) is 17.0 Å². The molecule has 108 valence electrons. The average molecular weight is 349 g/mol. The Bertz CT molecular complexity index is 665. The van der Waals surface area contributed by atoms with Crippen LogP contribution in [0.2, 0.25) is 0 Å². The van der Waals surface area contributed by atoms with Crippen LogP contribution in [0.4, 0.5) is 11.4 Å². The molecule has 3 rings (SSSR count). The number of halogens is 1. The van der Waals surface area contributed by atoms with Crippen LogP contribution in [0.15, 0.2) is 46.9 Å². The van der Waals surface area contributed by atoms with Crippen molar-refractivity contribution in [2.45, 2.75) is 12.5 Å². The fraction of sp³-hybridized carbons (Fsp3) is 0.200. The van der Waals surface area contributed by atoms with Gasteiger partial charge < -0.3 is 10.1 Å². The maximum atomic E-state index is 11.1. The first-order chi connectivity index (χ1) is 10.1. The average Bonchev–Trinajstić information content (AvgIpc) is 2.88. The van der Waals surface area contributed by atoms with E-state index in [9.17, 15) is 10.1 Å². The van der Waals surface area contributed by atoms with Crippen molar-refractivity contribution in [3.8, 4) is 5.75 Å². The molecule has 1 aliphatic heterocycles. The molecule has 0 saturated heterocycles. The minimum absolute atomic E-state index is 0.00866. The molecule has 6 heteroatoms. The van der Waals surface area contributed by atoms with Crippen molar-refractivity contribution in [1.29, 1.82) is 0 Å². The predicted molar refractivity (Wildman–Crippen MR) is 83.8 cm³/mol. The van der Waals surface area contributed by atoms with Crippen molar-refractivity contribution in [2.75, 3.05) is 11.9 Å². The predicted octanol–water partition coefficient (Wildman–Crippen LogP) is 3.77. The van der Waals surface area contributed by atoms with E-state index in [0.29, 0.717) is 16.7 Å². The van der Waals surface area contributed by atoms with Gasteiger partial charge in [-0.1, -0.05) is 34.1 Å². The van der Waals surface area contributed by atoms with Crippen LogP contribution in [0.5, 0.6) is 5.75 Å². The first kappa shape index (κ1) is 13.9. The number of nitro benzene ring substituents is 1. The lowest BCUT2D eigenvalue weighted by molar-refractivity contribution is -0.384. The Balaban J connectivity index is 1.68. The number of hydrogen-bond donors (Lipinski definition) is 1. The number of nitrogens with one attached hydrogen (secondary N) is 1. The third-order valence-corrected chi connectivity index (χ3v) is 3.88. The Morgan fingerprint density at radius 1 is 1.33 bits per heavy atom. The van der Waals surface area contributed by atoms with Crippen LogP contribution < -0.4 is 10.1 Å². The zero-order chi connectivity index (χ0) is 14.8. The highest BCUT2D eigenvalue weighted by atomic mass is 79.9. The highest BCUT2D eigenvalue weighted by molar-refractivity contribution is 9.10. The topological polar surface area (TPSA) is 64.4 Å². The van der Waals surface area contributed by atoms with Gasteiger partial charge in [0.15, 0.2) is 0 Å². The van der Waals surface area contributed by atoms with Crippen molar-refractivity contribution in [2.24, 2.45) is 0 Å². The molecule has 0 bridgehead atoms. The third-order valence-electron chi connectivity index (χ3n) is 3.39. The summed E-state index contributed by atoms with van der Waals surface area (Å²) < 4.78 is 6.50. The first-order valence-electron chi connectivity index (χ1n) is 6.56. The molecule has 2 aromatic carbocycles. The Hall–Kier alpha value is -2.08. The summed E-state index contributed by atoms with van der Waals surface area (Å²) in [6, 6.07) is 12.9. The summed E-state index contributed by atoms with van der Waals surface area (Å²) in [5, 5.41) is 14.2. The lowest BCUT2D eigenvalue weighted by atomic mass is 10.1. The standard InChI is InChI=1S/C15H13BrN2O3/c16-11-5-6-13(14(8-11)18(19)20)17-9-12-7-10-3-1-2-4-15(10)21-12/h1-6,8,12,17H,7,9H2. The second-order valence-electron chi connectivity index (χ2n) is 4.85. The van der Waals surface area contributed by atoms with Crippen LogP contribution in [0.25, 0.3) is 0 Å². The molecule has 1 aliphatic rings. The molecule has 0 aromatic heterocycles. The number of ether oxygens (including phenoxy) is 1. The summed E-state index contributed by atoms with van der Waals surface area (Å²) in [7, 11) is 0. The molecule has 0 amide bonds. The summed E-state index contributed by atoms with van der Waals surface area (Å²) in [5.74, 6) is 0.898. The SMILES string of the molecule is O=[N+]([O-])c1cc(Br)ccc1NCC1Cc2ccccc2O1. The number of nitro groups is 1. The molecule has 1 unspecified atom stereocenters. The molecule has 1 N–H and O–H groups in total. The first-order valence-corrected chi connectivity index (χ1v) is 7.35. The number of para-hydroxylation sites is 1. The molecule has 0 aliphatic carbocycles. The van der Waals surface area contributed by atoms with Crippen molar-refractivity contribution < 1.29 is 9.66 Å². The Labute approximate surface area is 130 Å². The molecular weight excluding hydrogens is 336 g/mol. The number of nitrogens with zero attached hydrogens (tertiary/aromatic N) is 1. The molecule has 5 nitrogen and oxygen atoms in total. The van der Waals surface area contributed by atoms with E-state index in [4.69, 9.17) is 4.74 Å². The Morgan fingerprint density at radius 2 is 2.14 bits per heavy atom. The lowest BCUT2D eigenvalue weighted by Crippen LogP contribution is -2.24. The zero-order valence-electron chi connectivity index (χ0n) is 11.1. The molecular formula is C15H13BrN2O3. The van der Waals surface area contributed by atoms with E-state index < -0.39 is 4.92 Å². The summed E-state index contributed by atoms with van der Waals surface area (Å²) in [6.07, 6.45) is 0.804. The maximum absolute atomic E-state index is 11.1. The van der Waals surface area contributed by atoms with Crippen LogP contribution in [0, 0.1) is 10.1 Å². The third kappa shape index (κ3) is 3.00. The van der Waals surface area contributed by atoms with Crippen molar-refractivity contribution in [3.05, 3.63) is 62.6 Å². The van der Waals surface area contributed by atoms with Gasteiger partial charge in [-0.3, -0.25) is 10.1 Å². The van der Waals surface area contributed by atoms with E-state index in [2.05, 4.69) is 21.2 Å². The molecule has 0 fully saturated rings. The summed E-state index contributed by atoms with van der Waals surface area (Å²) in [6.45, 7) is 0.525. The van der Waals surface area contributed by atoms with Gasteiger partial charge in [0.05, 0.1) is 11.5 Å². The Kier molecular flexibility index (Phi) is 3.79. The van der Waals surface area contributed by atoms with Crippen LogP contribution in [0.1, 0.15) is 5.56 Å². The van der Waals surface area contributed by atoms with Gasteiger partial charge in [-0.25, -0.2) is 0 Å². The molecule has 0 radical (unpaired) electrons. The van der Waals surface area contributed by atoms with Gasteiger partial charge in [-0.2, -0.15) is 0 Å². The van der Waals surface area contributed by atoms with E-state index >= 15 is 0 Å². The summed E-state index contributed by atoms with van der Waals surface area (Å²) in [4.78, 5) is 10.7. The van der Waals surface area contributed by atoms with Crippen LogP contribution in [0.3, 0.4) is 0 Å². The van der Waals surface area contributed by atoms with E-state index in [0.717, 1.165) is 12.2 Å². The zero-order valence-corrected chi connectivity index (χ0v) is 12.7. The quantitative estimate of drug-likeness (QED) is 0.674. The van der Waals surface area contributed by atoms with E-state index in [1.54, 1.807) is 12.1 Å². The lowest BCUT2D eigenvalue weighted by Gasteiger charge is -2.13. The molecule has 1 heterocycles. The van der Waals surface area contributed by atoms with Crippen LogP contribution >= 0.6 is 15.9 Å². The molecule has 0 spiro atoms. The van der Waals surface area contributed by atoms with E-state index in [-0.39, 0.29) is 11.8 Å². The van der Waals surface area contributed by atoms with Gasteiger partial charge in [0.1, 0.15) is 17.5 Å². The number of rotatable bonds is 4. The highest BCUT2D eigenvalue weighted by Gasteiger charge is 2.23. The van der Waals surface area contributed by atoms with Crippen LogP contribution in [-0.4, -0.2) is 17.6 Å². The fourth-order valence-corrected chi connectivity index (χ4v) is 2.75. The van der Waals surface area contributed by atoms with Crippen molar-refractivity contribution >= 4 is 27.3 Å². The number of fused-ring (bicyclic) bond motifs is 1. The minimum Gasteiger partial charge on any atom is -0.488 e. The van der Waals surface area contributed by atoms with Gasteiger partial charge >= 0.3 is 0 Å². The van der Waals surface area contributed by atoms with Gasteiger partial charge in [0.2, 0.25) is 0 Å². The molecule has 0 saturated carbocycles. The highest BCUT2D eigenvalue weighted by Crippen LogP contribution is 2.30. The summed E-state index contributed by atoms with van der Waals surface area (Å²) >= 11 is 3.24. The number of hydrogen-bond acceptors (Lipinski definition) is 4. The van der Waals surface area contributed by atoms with Gasteiger partial charge in [0.25, 0.3) is 5.69 Å². The maximum Gasteiger partial charge on any atom is 0.293 e. The van der Waals surface area contributed by atoms with Gasteiger partial charge in [-0.15, -0.1) is 0 Å². The van der Waals surface area contributed by atoms with Crippen molar-refractivity contribution in [3.63, 3.8) is 0 Å². The second-order valence-corrected chi connectivity index (χ2v) is 5.77. The molecule has 2 aromatic rings. The van der Waals surface area contributed by atoms with E-state index in [1.165, 1.54) is 11.6 Å². The number of benzene rings is 2. The Morgan fingerprint density at radius 3 is 2.90 bits per heavy atom. The fourth-order valence-electron chi connectivity index (χ4n) is 2.40. The molecule has 1 atom stereocenters. The summed E-state index contributed by atoms with van der Waals surface area (Å²) in [5.41, 5.74) is 1.73. The number of anilines is 1. The largest absolute Gasteiger partial charge is 0.488 e. The minimum atomic E-state index is -0.392. The second kappa shape index (κ2) is 5.73. The van der Waals surface area contributed by atoms with Crippen LogP contribution in [-0.2, 0) is 6.42 Å². The monoisotopic (exact) mass is 348 g/mol. The normalized spacial score (nSPS) is 16.1. The molecule has 21 heavy (non-hydrogen) atoms. The van der Waals surface area contributed by atoms with Crippen molar-refractivity contribution in [1.82, 2.24) is 0 Å². The van der Waals surface area contributed by atoms with Gasteiger partial charge in [-0.05, 0) is 23.8 Å².